The highest BCUT2D eigenvalue weighted by atomic mass is 79.9. The van der Waals surface area contributed by atoms with Crippen molar-refractivity contribution in [3.8, 4) is 0 Å². The van der Waals surface area contributed by atoms with Crippen molar-refractivity contribution in [3.05, 3.63) is 57.3 Å². The summed E-state index contributed by atoms with van der Waals surface area (Å²) in [4.78, 5) is 26.3. The number of carbonyl (C=O) groups is 2. The molecule has 1 atom stereocenters. The third-order valence-electron chi connectivity index (χ3n) is 4.23. The predicted molar refractivity (Wildman–Crippen MR) is 99.4 cm³/mol. The van der Waals surface area contributed by atoms with Crippen LogP contribution in [0.15, 0.2) is 40.9 Å². The quantitative estimate of drug-likeness (QED) is 0.785. The summed E-state index contributed by atoms with van der Waals surface area (Å²) in [6, 6.07) is 9.18. The zero-order chi connectivity index (χ0) is 18.1. The Bertz CT molecular complexity index is 842. The number of halogens is 3. The second-order valence-corrected chi connectivity index (χ2v) is 7.14. The number of nitrogens with one attached hydrogen (secondary N) is 1. The van der Waals surface area contributed by atoms with Gasteiger partial charge in [-0.05, 0) is 64.8 Å². The third-order valence-corrected chi connectivity index (χ3v) is 5.61. The smallest absolute Gasteiger partial charge is 0.229 e. The van der Waals surface area contributed by atoms with Crippen LogP contribution in [0, 0.1) is 18.7 Å². The third kappa shape index (κ3) is 3.70. The predicted octanol–water partition coefficient (Wildman–Crippen LogP) is 4.54. The number of hydrogen-bond donors (Lipinski definition) is 1. The molecule has 0 unspecified atom stereocenters. The first kappa shape index (κ1) is 17.9. The van der Waals surface area contributed by atoms with Crippen LogP contribution in [-0.4, -0.2) is 18.4 Å². The van der Waals surface area contributed by atoms with E-state index in [9.17, 15) is 14.0 Å². The number of nitrogens with zero attached hydrogens (tertiary/aromatic N) is 1. The second kappa shape index (κ2) is 7.14. The second-order valence-electron chi connectivity index (χ2n) is 5.90. The van der Waals surface area contributed by atoms with Crippen molar-refractivity contribution in [3.63, 3.8) is 0 Å². The molecule has 0 aromatic heterocycles. The lowest BCUT2D eigenvalue weighted by Crippen LogP contribution is -2.28. The SMILES string of the molecule is Cc1c(NC(=O)[C@H]2CC(=O)N(c3ccc(F)cc3)C2)ccc(Br)c1Cl. The van der Waals surface area contributed by atoms with Gasteiger partial charge in [0.1, 0.15) is 5.82 Å². The molecule has 1 aliphatic heterocycles. The minimum atomic E-state index is -0.473. The number of rotatable bonds is 3. The van der Waals surface area contributed by atoms with Crippen LogP contribution in [0.4, 0.5) is 15.8 Å². The lowest BCUT2D eigenvalue weighted by molar-refractivity contribution is -0.122. The average molecular weight is 426 g/mol. The monoisotopic (exact) mass is 424 g/mol. The molecule has 1 N–H and O–H groups in total. The Kier molecular flexibility index (Phi) is 5.11. The highest BCUT2D eigenvalue weighted by Crippen LogP contribution is 2.32. The summed E-state index contributed by atoms with van der Waals surface area (Å²) in [7, 11) is 0. The molecule has 1 saturated heterocycles. The van der Waals surface area contributed by atoms with E-state index in [1.807, 2.05) is 6.92 Å². The molecule has 7 heteroatoms. The molecule has 0 aliphatic carbocycles. The van der Waals surface area contributed by atoms with Crippen LogP contribution >= 0.6 is 27.5 Å². The molecule has 2 aromatic rings. The molecule has 3 rings (SSSR count). The van der Waals surface area contributed by atoms with E-state index in [1.165, 1.54) is 29.2 Å². The van der Waals surface area contributed by atoms with Gasteiger partial charge in [-0.3, -0.25) is 9.59 Å². The van der Waals surface area contributed by atoms with Crippen molar-refractivity contribution >= 4 is 50.7 Å². The Hall–Kier alpha value is -1.92. The molecule has 0 spiro atoms. The maximum Gasteiger partial charge on any atom is 0.229 e. The van der Waals surface area contributed by atoms with E-state index in [2.05, 4.69) is 21.2 Å². The van der Waals surface area contributed by atoms with Gasteiger partial charge in [-0.25, -0.2) is 4.39 Å². The molecule has 130 valence electrons. The molecular weight excluding hydrogens is 411 g/mol. The molecule has 2 aromatic carbocycles. The lowest BCUT2D eigenvalue weighted by Gasteiger charge is -2.17. The Balaban J connectivity index is 1.73. The van der Waals surface area contributed by atoms with Crippen LogP contribution in [-0.2, 0) is 9.59 Å². The number of hydrogen-bond acceptors (Lipinski definition) is 2. The van der Waals surface area contributed by atoms with Gasteiger partial charge in [0, 0.05) is 28.8 Å². The van der Waals surface area contributed by atoms with Gasteiger partial charge in [0.2, 0.25) is 11.8 Å². The van der Waals surface area contributed by atoms with Crippen molar-refractivity contribution in [2.45, 2.75) is 13.3 Å². The zero-order valence-electron chi connectivity index (χ0n) is 13.4. The molecule has 25 heavy (non-hydrogen) atoms. The van der Waals surface area contributed by atoms with Gasteiger partial charge in [0.25, 0.3) is 0 Å². The normalized spacial score (nSPS) is 17.0. The van der Waals surface area contributed by atoms with Crippen LogP contribution < -0.4 is 10.2 Å². The largest absolute Gasteiger partial charge is 0.325 e. The van der Waals surface area contributed by atoms with Crippen molar-refractivity contribution < 1.29 is 14.0 Å². The highest BCUT2D eigenvalue weighted by molar-refractivity contribution is 9.10. The van der Waals surface area contributed by atoms with Gasteiger partial charge in [-0.2, -0.15) is 0 Å². The van der Waals surface area contributed by atoms with Gasteiger partial charge in [0.15, 0.2) is 0 Å². The standard InChI is InChI=1S/C18H15BrClFN2O2/c1-10-15(7-6-14(19)17(10)20)22-18(25)11-8-16(24)23(9-11)13-4-2-12(21)3-5-13/h2-7,11H,8-9H2,1H3,(H,22,25)/t11-/m0/s1. The van der Waals surface area contributed by atoms with E-state index < -0.39 is 5.92 Å². The Morgan fingerprint density at radius 1 is 1.28 bits per heavy atom. The minimum absolute atomic E-state index is 0.118. The van der Waals surface area contributed by atoms with E-state index in [0.717, 1.165) is 10.0 Å². The first-order valence-electron chi connectivity index (χ1n) is 7.68. The van der Waals surface area contributed by atoms with Gasteiger partial charge in [-0.15, -0.1) is 0 Å². The molecule has 1 fully saturated rings. The Morgan fingerprint density at radius 3 is 2.64 bits per heavy atom. The number of anilines is 2. The van der Waals surface area contributed by atoms with E-state index in [-0.39, 0.29) is 30.6 Å². The average Bonchev–Trinajstić information content (AvgIpc) is 2.98. The summed E-state index contributed by atoms with van der Waals surface area (Å²) in [6.45, 7) is 2.08. The summed E-state index contributed by atoms with van der Waals surface area (Å²) in [5, 5.41) is 3.37. The van der Waals surface area contributed by atoms with Crippen LogP contribution in [0.1, 0.15) is 12.0 Å². The molecule has 1 aliphatic rings. The van der Waals surface area contributed by atoms with Crippen LogP contribution in [0.25, 0.3) is 0 Å². The van der Waals surface area contributed by atoms with Crippen molar-refractivity contribution in [2.24, 2.45) is 5.92 Å². The van der Waals surface area contributed by atoms with Gasteiger partial charge < -0.3 is 10.2 Å². The van der Waals surface area contributed by atoms with Gasteiger partial charge >= 0.3 is 0 Å². The zero-order valence-corrected chi connectivity index (χ0v) is 15.7. The fourth-order valence-electron chi connectivity index (χ4n) is 2.78. The summed E-state index contributed by atoms with van der Waals surface area (Å²) >= 11 is 9.51. The summed E-state index contributed by atoms with van der Waals surface area (Å²) in [5.74, 6) is -1.23. The molecule has 4 nitrogen and oxygen atoms in total. The fraction of sp³-hybridized carbons (Fsp3) is 0.222. The maximum absolute atomic E-state index is 13.0. The van der Waals surface area contributed by atoms with E-state index >= 15 is 0 Å². The van der Waals surface area contributed by atoms with E-state index in [1.54, 1.807) is 12.1 Å². The Morgan fingerprint density at radius 2 is 1.96 bits per heavy atom. The van der Waals surface area contributed by atoms with Gasteiger partial charge in [-0.1, -0.05) is 11.6 Å². The number of benzene rings is 2. The van der Waals surface area contributed by atoms with E-state index in [0.29, 0.717) is 16.4 Å². The highest BCUT2D eigenvalue weighted by Gasteiger charge is 2.35. The van der Waals surface area contributed by atoms with E-state index in [4.69, 9.17) is 11.6 Å². The fourth-order valence-corrected chi connectivity index (χ4v) is 3.37. The van der Waals surface area contributed by atoms with Crippen LogP contribution in [0.2, 0.25) is 5.02 Å². The first-order chi connectivity index (χ1) is 11.9. The van der Waals surface area contributed by atoms with Crippen molar-refractivity contribution in [1.29, 1.82) is 0 Å². The van der Waals surface area contributed by atoms with Crippen LogP contribution in [0.3, 0.4) is 0 Å². The van der Waals surface area contributed by atoms with Crippen molar-refractivity contribution in [2.75, 3.05) is 16.8 Å². The number of amides is 2. The number of carbonyl (C=O) groups excluding carboxylic acids is 2. The lowest BCUT2D eigenvalue weighted by atomic mass is 10.1. The summed E-state index contributed by atoms with van der Waals surface area (Å²) < 4.78 is 13.8. The summed E-state index contributed by atoms with van der Waals surface area (Å²) in [5.41, 5.74) is 1.96. The molecule has 1 heterocycles. The molecule has 0 radical (unpaired) electrons. The molecule has 2 amide bonds. The topological polar surface area (TPSA) is 49.4 Å². The van der Waals surface area contributed by atoms with Gasteiger partial charge in [0.05, 0.1) is 10.9 Å². The molecule has 0 bridgehead atoms. The van der Waals surface area contributed by atoms with Crippen LogP contribution in [0.5, 0.6) is 0 Å². The maximum atomic E-state index is 13.0. The molecule has 0 saturated carbocycles. The van der Waals surface area contributed by atoms with Crippen molar-refractivity contribution in [1.82, 2.24) is 0 Å². The minimum Gasteiger partial charge on any atom is -0.325 e. The summed E-state index contributed by atoms with van der Waals surface area (Å²) in [6.07, 6.45) is 0.118. The Labute approximate surface area is 158 Å². The first-order valence-corrected chi connectivity index (χ1v) is 8.85. The molecular formula is C18H15BrClFN2O2.